The summed E-state index contributed by atoms with van der Waals surface area (Å²) in [5.41, 5.74) is -0.271. The van der Waals surface area contributed by atoms with E-state index in [4.69, 9.17) is 18.4 Å². The lowest BCUT2D eigenvalue weighted by molar-refractivity contribution is -0.167. The Morgan fingerprint density at radius 3 is 2.59 bits per heavy atom. The molecule has 6 nitrogen and oxygen atoms in total. The van der Waals surface area contributed by atoms with Gasteiger partial charge in [-0.2, -0.15) is 8.42 Å². The van der Waals surface area contributed by atoms with Gasteiger partial charge in [-0.3, -0.25) is 4.18 Å². The fraction of sp³-hybridized carbons (Fsp3) is 1.00. The van der Waals surface area contributed by atoms with E-state index < -0.39 is 15.9 Å². The van der Waals surface area contributed by atoms with Gasteiger partial charge in [0.2, 0.25) is 0 Å². The average molecular weight is 266 g/mol. The minimum atomic E-state index is -3.44. The van der Waals surface area contributed by atoms with Crippen LogP contribution in [0.2, 0.25) is 0 Å². The molecule has 0 N–H and O–H groups in total. The second-order valence-corrected chi connectivity index (χ2v) is 6.82. The number of rotatable bonds is 3. The minimum Gasteiger partial charge on any atom is -0.370 e. The second kappa shape index (κ2) is 4.17. The molecule has 0 aromatic rings. The molecule has 2 aliphatic heterocycles. The highest BCUT2D eigenvalue weighted by Crippen LogP contribution is 2.40. The van der Waals surface area contributed by atoms with Gasteiger partial charge < -0.3 is 14.2 Å². The first-order chi connectivity index (χ1) is 7.70. The molecule has 0 bridgehead atoms. The molecule has 1 spiro atoms. The molecule has 2 saturated heterocycles. The van der Waals surface area contributed by atoms with Crippen molar-refractivity contribution in [3.05, 3.63) is 0 Å². The highest BCUT2D eigenvalue weighted by atomic mass is 32.2. The summed E-state index contributed by atoms with van der Waals surface area (Å²) in [4.78, 5) is 0. The van der Waals surface area contributed by atoms with Crippen LogP contribution in [0.15, 0.2) is 0 Å². The van der Waals surface area contributed by atoms with Crippen molar-refractivity contribution in [2.45, 2.75) is 37.8 Å². The first kappa shape index (κ1) is 13.2. The highest BCUT2D eigenvalue weighted by Gasteiger charge is 2.51. The second-order valence-electron chi connectivity index (χ2n) is 5.18. The molecule has 0 aromatic heterocycles. The molecule has 0 amide bonds. The first-order valence-corrected chi connectivity index (χ1v) is 7.32. The van der Waals surface area contributed by atoms with Gasteiger partial charge in [-0.1, -0.05) is 0 Å². The van der Waals surface area contributed by atoms with Crippen LogP contribution in [-0.4, -0.2) is 52.0 Å². The van der Waals surface area contributed by atoms with Crippen molar-refractivity contribution >= 4 is 10.1 Å². The van der Waals surface area contributed by atoms with Gasteiger partial charge in [0, 0.05) is 6.42 Å². The van der Waals surface area contributed by atoms with Gasteiger partial charge in [0.1, 0.15) is 12.7 Å². The monoisotopic (exact) mass is 266 g/mol. The summed E-state index contributed by atoms with van der Waals surface area (Å²) >= 11 is 0. The van der Waals surface area contributed by atoms with Crippen molar-refractivity contribution in [1.82, 2.24) is 0 Å². The Morgan fingerprint density at radius 1 is 1.35 bits per heavy atom. The van der Waals surface area contributed by atoms with Crippen LogP contribution in [-0.2, 0) is 28.5 Å². The van der Waals surface area contributed by atoms with Crippen LogP contribution in [0, 0.1) is 0 Å². The van der Waals surface area contributed by atoms with E-state index in [1.165, 1.54) is 0 Å². The topological polar surface area (TPSA) is 71.1 Å². The third kappa shape index (κ3) is 3.38. The third-order valence-corrected chi connectivity index (χ3v) is 3.32. The lowest BCUT2D eigenvalue weighted by Crippen LogP contribution is -2.33. The molecule has 2 rings (SSSR count). The molecule has 100 valence electrons. The van der Waals surface area contributed by atoms with Crippen molar-refractivity contribution in [3.63, 3.8) is 0 Å². The Balaban J connectivity index is 1.88. The standard InChI is InChI=1S/C10H18O6S/c1-9(2)6-10(7-14-9)13-4-8(16-10)5-15-17(3,11)12/h8H,4-7H2,1-3H3. The van der Waals surface area contributed by atoms with E-state index in [1.807, 2.05) is 13.8 Å². The molecular weight excluding hydrogens is 248 g/mol. The van der Waals surface area contributed by atoms with Crippen molar-refractivity contribution in [2.24, 2.45) is 0 Å². The van der Waals surface area contributed by atoms with Gasteiger partial charge in [-0.25, -0.2) is 0 Å². The van der Waals surface area contributed by atoms with Crippen LogP contribution in [0.1, 0.15) is 20.3 Å². The number of hydrogen-bond acceptors (Lipinski definition) is 6. The number of hydrogen-bond donors (Lipinski definition) is 0. The molecular formula is C10H18O6S. The zero-order chi connectivity index (χ0) is 12.7. The zero-order valence-corrected chi connectivity index (χ0v) is 11.1. The van der Waals surface area contributed by atoms with Gasteiger partial charge in [0.15, 0.2) is 5.79 Å². The predicted molar refractivity (Wildman–Crippen MR) is 59.0 cm³/mol. The van der Waals surface area contributed by atoms with Crippen molar-refractivity contribution in [2.75, 3.05) is 26.1 Å². The van der Waals surface area contributed by atoms with E-state index >= 15 is 0 Å². The Hall–Kier alpha value is -0.210. The number of ether oxygens (including phenoxy) is 3. The fourth-order valence-corrected chi connectivity index (χ4v) is 2.52. The zero-order valence-electron chi connectivity index (χ0n) is 10.3. The summed E-state index contributed by atoms with van der Waals surface area (Å²) in [6.45, 7) is 4.62. The van der Waals surface area contributed by atoms with Crippen LogP contribution < -0.4 is 0 Å². The van der Waals surface area contributed by atoms with Gasteiger partial charge in [-0.05, 0) is 13.8 Å². The van der Waals surface area contributed by atoms with Crippen molar-refractivity contribution in [3.8, 4) is 0 Å². The smallest absolute Gasteiger partial charge is 0.264 e. The summed E-state index contributed by atoms with van der Waals surface area (Å²) in [6.07, 6.45) is 1.29. The molecule has 2 fully saturated rings. The van der Waals surface area contributed by atoms with E-state index in [0.717, 1.165) is 6.26 Å². The fourth-order valence-electron chi connectivity index (χ4n) is 2.12. The average Bonchev–Trinajstić information content (AvgIpc) is 2.67. The SMILES string of the molecule is CC1(C)CC2(CO1)OCC(COS(C)(=O)=O)O2. The molecule has 0 radical (unpaired) electrons. The maximum atomic E-state index is 10.9. The quantitative estimate of drug-likeness (QED) is 0.683. The summed E-state index contributed by atoms with van der Waals surface area (Å²) in [6, 6.07) is 0. The summed E-state index contributed by atoms with van der Waals surface area (Å²) in [5, 5.41) is 0. The Morgan fingerprint density at radius 2 is 2.06 bits per heavy atom. The van der Waals surface area contributed by atoms with E-state index in [2.05, 4.69) is 0 Å². The molecule has 2 aliphatic rings. The van der Waals surface area contributed by atoms with Gasteiger partial charge in [0.25, 0.3) is 10.1 Å². The van der Waals surface area contributed by atoms with Gasteiger partial charge in [-0.15, -0.1) is 0 Å². The molecule has 2 atom stereocenters. The first-order valence-electron chi connectivity index (χ1n) is 5.50. The van der Waals surface area contributed by atoms with Crippen LogP contribution in [0.25, 0.3) is 0 Å². The maximum Gasteiger partial charge on any atom is 0.264 e. The normalized spacial score (nSPS) is 36.8. The van der Waals surface area contributed by atoms with Gasteiger partial charge >= 0.3 is 0 Å². The highest BCUT2D eigenvalue weighted by molar-refractivity contribution is 7.85. The molecule has 0 aliphatic carbocycles. The Kier molecular flexibility index (Phi) is 3.24. The Bertz CT molecular complexity index is 390. The van der Waals surface area contributed by atoms with Crippen molar-refractivity contribution < 1.29 is 26.8 Å². The van der Waals surface area contributed by atoms with E-state index in [-0.39, 0.29) is 18.3 Å². The Labute approximate surface area is 101 Å². The van der Waals surface area contributed by atoms with Crippen molar-refractivity contribution in [1.29, 1.82) is 0 Å². The van der Waals surface area contributed by atoms with E-state index in [9.17, 15) is 8.42 Å². The molecule has 0 aromatic carbocycles. The summed E-state index contributed by atoms with van der Waals surface area (Å²) < 4.78 is 43.3. The molecule has 2 unspecified atom stereocenters. The molecule has 0 saturated carbocycles. The molecule has 7 heteroatoms. The third-order valence-electron chi connectivity index (χ3n) is 2.76. The molecule has 2 heterocycles. The predicted octanol–water partition coefficient (Wildman–Crippen LogP) is 0.273. The van der Waals surface area contributed by atoms with E-state index in [0.29, 0.717) is 19.6 Å². The van der Waals surface area contributed by atoms with Gasteiger partial charge in [0.05, 0.1) is 25.1 Å². The maximum absolute atomic E-state index is 10.9. The van der Waals surface area contributed by atoms with Crippen LogP contribution >= 0.6 is 0 Å². The van der Waals surface area contributed by atoms with Crippen LogP contribution in [0.5, 0.6) is 0 Å². The summed E-state index contributed by atoms with van der Waals surface area (Å²) in [5.74, 6) is -0.727. The lowest BCUT2D eigenvalue weighted by atomic mass is 10.0. The summed E-state index contributed by atoms with van der Waals surface area (Å²) in [7, 11) is -3.44. The van der Waals surface area contributed by atoms with Crippen LogP contribution in [0.4, 0.5) is 0 Å². The lowest BCUT2D eigenvalue weighted by Gasteiger charge is -2.22. The van der Waals surface area contributed by atoms with E-state index in [1.54, 1.807) is 0 Å². The largest absolute Gasteiger partial charge is 0.370 e. The van der Waals surface area contributed by atoms with Crippen LogP contribution in [0.3, 0.4) is 0 Å². The minimum absolute atomic E-state index is 0.0129. The molecule has 17 heavy (non-hydrogen) atoms.